The highest BCUT2D eigenvalue weighted by Crippen LogP contribution is 1.98. The van der Waals surface area contributed by atoms with Crippen molar-refractivity contribution in [3.05, 3.63) is 24.3 Å². The van der Waals surface area contributed by atoms with Crippen LogP contribution in [0.4, 0.5) is 0 Å². The average Bonchev–Trinajstić information content (AvgIpc) is 1.93. The summed E-state index contributed by atoms with van der Waals surface area (Å²) in [5, 5.41) is 0. The Labute approximate surface area is 65.7 Å². The Hall–Kier alpha value is -0.520. The molecule has 0 bridgehead atoms. The molecule has 0 heterocycles. The van der Waals surface area contributed by atoms with Crippen molar-refractivity contribution >= 4 is 0 Å². The van der Waals surface area contributed by atoms with Gasteiger partial charge in [0.2, 0.25) is 0 Å². The highest BCUT2D eigenvalue weighted by Gasteiger charge is 1.77. The Morgan fingerprint density at radius 1 is 1.00 bits per heavy atom. The maximum atomic E-state index is 2.18. The molecular formula is C10H20. The van der Waals surface area contributed by atoms with Gasteiger partial charge < -0.3 is 0 Å². The highest BCUT2D eigenvalue weighted by molar-refractivity contribution is 5.07. The summed E-state index contributed by atoms with van der Waals surface area (Å²) in [5.74, 6) is 0. The van der Waals surface area contributed by atoms with E-state index in [2.05, 4.69) is 38.2 Å². The Balaban J connectivity index is 0. The van der Waals surface area contributed by atoms with Gasteiger partial charge in [0.25, 0.3) is 0 Å². The summed E-state index contributed by atoms with van der Waals surface area (Å²) in [4.78, 5) is 0. The Morgan fingerprint density at radius 2 is 1.30 bits per heavy atom. The van der Waals surface area contributed by atoms with E-state index in [0.717, 1.165) is 0 Å². The quantitative estimate of drug-likeness (QED) is 0.478. The normalized spacial score (nSPS) is 13.0. The molecule has 1 aliphatic carbocycles. The molecule has 10 heavy (non-hydrogen) atoms. The smallest absolute Gasteiger partial charge is 0.0313 e. The molecule has 0 heteroatoms. The first-order valence-corrected chi connectivity index (χ1v) is 3.73. The van der Waals surface area contributed by atoms with Gasteiger partial charge in [-0.1, -0.05) is 52.0 Å². The summed E-state index contributed by atoms with van der Waals surface area (Å²) in [5.41, 5.74) is 0. The lowest BCUT2D eigenvalue weighted by atomic mass is 10.2. The van der Waals surface area contributed by atoms with Gasteiger partial charge in [-0.05, 0) is 12.8 Å². The Bertz CT molecular complexity index is 76.2. The minimum atomic E-state index is 0. The summed E-state index contributed by atoms with van der Waals surface area (Å²) in [6.07, 6.45) is 12.2. The monoisotopic (exact) mass is 140 g/mol. The fourth-order valence-corrected chi connectivity index (χ4v) is 0.542. The highest BCUT2D eigenvalue weighted by atomic mass is 13.8. The zero-order valence-corrected chi connectivity index (χ0v) is 6.43. The first kappa shape index (κ1) is 12.2. The molecule has 1 aliphatic rings. The molecule has 0 nitrogen and oxygen atoms in total. The van der Waals surface area contributed by atoms with Crippen LogP contribution in [0.15, 0.2) is 24.3 Å². The minimum Gasteiger partial charge on any atom is -0.0842 e. The molecule has 0 fully saturated rings. The molecule has 1 rings (SSSR count). The van der Waals surface area contributed by atoms with Gasteiger partial charge in [0.1, 0.15) is 0 Å². The summed E-state index contributed by atoms with van der Waals surface area (Å²) >= 11 is 0. The Kier molecular flexibility index (Phi) is 13.8. The van der Waals surface area contributed by atoms with E-state index >= 15 is 0 Å². The standard InChI is InChI=1S/C6H8.C3H8.CH4/c1-2-4-6-5-3-1;1-3-2;/h1-4H,5-6H2;3H2,1-2H3;1H4. The maximum absolute atomic E-state index is 2.18. The molecule has 0 spiro atoms. The zero-order valence-electron chi connectivity index (χ0n) is 6.43. The predicted molar refractivity (Wildman–Crippen MR) is 50.2 cm³/mol. The van der Waals surface area contributed by atoms with E-state index in [9.17, 15) is 0 Å². The van der Waals surface area contributed by atoms with Gasteiger partial charge in [0, 0.05) is 0 Å². The number of hydrogen-bond donors (Lipinski definition) is 0. The molecule has 0 aromatic heterocycles. The Morgan fingerprint density at radius 3 is 1.40 bits per heavy atom. The number of allylic oxidation sites excluding steroid dienone is 4. The van der Waals surface area contributed by atoms with Crippen LogP contribution in [0.25, 0.3) is 0 Å². The fraction of sp³-hybridized carbons (Fsp3) is 0.600. The lowest BCUT2D eigenvalue weighted by molar-refractivity contribution is 1.04. The SMILES string of the molecule is C.C1=CCCC=C1.CCC. The van der Waals surface area contributed by atoms with E-state index in [4.69, 9.17) is 0 Å². The molecule has 60 valence electrons. The van der Waals surface area contributed by atoms with Gasteiger partial charge in [0.05, 0.1) is 0 Å². The molecule has 0 N–H and O–H groups in total. The van der Waals surface area contributed by atoms with E-state index in [1.807, 2.05) is 0 Å². The van der Waals surface area contributed by atoms with Crippen LogP contribution in [0.5, 0.6) is 0 Å². The molecule has 0 unspecified atom stereocenters. The van der Waals surface area contributed by atoms with E-state index in [0.29, 0.717) is 0 Å². The van der Waals surface area contributed by atoms with E-state index in [1.165, 1.54) is 19.3 Å². The van der Waals surface area contributed by atoms with Crippen molar-refractivity contribution in [2.24, 2.45) is 0 Å². The summed E-state index contributed by atoms with van der Waals surface area (Å²) < 4.78 is 0. The second-order valence-electron chi connectivity index (χ2n) is 2.14. The van der Waals surface area contributed by atoms with Gasteiger partial charge in [-0.25, -0.2) is 0 Å². The average molecular weight is 140 g/mol. The summed E-state index contributed by atoms with van der Waals surface area (Å²) in [6, 6.07) is 0. The lowest BCUT2D eigenvalue weighted by Crippen LogP contribution is -1.67. The third-order valence-corrected chi connectivity index (χ3v) is 0.883. The number of rotatable bonds is 0. The van der Waals surface area contributed by atoms with Crippen molar-refractivity contribution in [1.29, 1.82) is 0 Å². The van der Waals surface area contributed by atoms with Crippen molar-refractivity contribution in [1.82, 2.24) is 0 Å². The molecule has 0 saturated carbocycles. The molecule has 0 aliphatic heterocycles. The lowest BCUT2D eigenvalue weighted by Gasteiger charge is -1.88. The second-order valence-corrected chi connectivity index (χ2v) is 2.14. The van der Waals surface area contributed by atoms with Gasteiger partial charge >= 0.3 is 0 Å². The van der Waals surface area contributed by atoms with Gasteiger partial charge in [-0.15, -0.1) is 0 Å². The molecule has 0 amide bonds. The predicted octanol–water partition coefficient (Wildman–Crippen LogP) is 3.95. The van der Waals surface area contributed by atoms with Crippen LogP contribution in [0.1, 0.15) is 40.5 Å². The molecule has 0 atom stereocenters. The molecule has 0 saturated heterocycles. The topological polar surface area (TPSA) is 0 Å². The minimum absolute atomic E-state index is 0. The second kappa shape index (κ2) is 11.3. The first-order valence-electron chi connectivity index (χ1n) is 3.73. The van der Waals surface area contributed by atoms with E-state index < -0.39 is 0 Å². The first-order chi connectivity index (χ1) is 4.41. The van der Waals surface area contributed by atoms with Crippen molar-refractivity contribution in [2.45, 2.75) is 40.5 Å². The van der Waals surface area contributed by atoms with Crippen LogP contribution in [-0.4, -0.2) is 0 Å². The van der Waals surface area contributed by atoms with Gasteiger partial charge in [-0.2, -0.15) is 0 Å². The van der Waals surface area contributed by atoms with Crippen LogP contribution < -0.4 is 0 Å². The third kappa shape index (κ3) is 10.5. The summed E-state index contributed by atoms with van der Waals surface area (Å²) in [6.45, 7) is 4.25. The van der Waals surface area contributed by atoms with Crippen molar-refractivity contribution in [2.75, 3.05) is 0 Å². The molecular weight excluding hydrogens is 120 g/mol. The van der Waals surface area contributed by atoms with E-state index in [1.54, 1.807) is 0 Å². The maximum Gasteiger partial charge on any atom is -0.0313 e. The van der Waals surface area contributed by atoms with E-state index in [-0.39, 0.29) is 7.43 Å². The van der Waals surface area contributed by atoms with Gasteiger partial charge in [0.15, 0.2) is 0 Å². The largest absolute Gasteiger partial charge is 0.0842 e. The molecule has 0 radical (unpaired) electrons. The zero-order chi connectivity index (χ0) is 6.95. The number of hydrogen-bond acceptors (Lipinski definition) is 0. The van der Waals surface area contributed by atoms with Crippen LogP contribution in [-0.2, 0) is 0 Å². The van der Waals surface area contributed by atoms with Crippen LogP contribution in [0.2, 0.25) is 0 Å². The van der Waals surface area contributed by atoms with Crippen molar-refractivity contribution in [3.63, 3.8) is 0 Å². The summed E-state index contributed by atoms with van der Waals surface area (Å²) in [7, 11) is 0. The molecule has 0 aromatic carbocycles. The molecule has 0 aromatic rings. The van der Waals surface area contributed by atoms with Crippen LogP contribution in [0.3, 0.4) is 0 Å². The van der Waals surface area contributed by atoms with Crippen molar-refractivity contribution < 1.29 is 0 Å². The van der Waals surface area contributed by atoms with Crippen molar-refractivity contribution in [3.8, 4) is 0 Å². The van der Waals surface area contributed by atoms with Crippen LogP contribution in [0, 0.1) is 0 Å². The van der Waals surface area contributed by atoms with Crippen LogP contribution >= 0.6 is 0 Å². The fourth-order valence-electron chi connectivity index (χ4n) is 0.542. The third-order valence-electron chi connectivity index (χ3n) is 0.883. The van der Waals surface area contributed by atoms with Gasteiger partial charge in [-0.3, -0.25) is 0 Å².